The number of hydrogen-bond acceptors (Lipinski definition) is 2. The summed E-state index contributed by atoms with van der Waals surface area (Å²) in [4.78, 5) is 23.0. The van der Waals surface area contributed by atoms with Gasteiger partial charge in [-0.1, -0.05) is 30.3 Å². The molecule has 22 heavy (non-hydrogen) atoms. The first kappa shape index (κ1) is 16.0. The molecule has 0 spiro atoms. The largest absolute Gasteiger partial charge is 0.481 e. The highest BCUT2D eigenvalue weighted by atomic mass is 16.4. The lowest BCUT2D eigenvalue weighted by Crippen LogP contribution is -2.10. The number of ketones is 1. The van der Waals surface area contributed by atoms with Crippen molar-refractivity contribution in [3.05, 3.63) is 59.4 Å². The van der Waals surface area contributed by atoms with E-state index >= 15 is 0 Å². The van der Waals surface area contributed by atoms with Crippen LogP contribution in [0.1, 0.15) is 41.0 Å². The van der Waals surface area contributed by atoms with Gasteiger partial charge in [-0.2, -0.15) is 0 Å². The molecule has 0 atom stereocenters. The Hall–Kier alpha value is -2.36. The van der Waals surface area contributed by atoms with E-state index in [2.05, 4.69) is 12.1 Å². The number of nitrogens with zero attached hydrogens (tertiary/aromatic N) is 1. The molecule has 0 saturated heterocycles. The number of carboxylic acids is 1. The molecule has 0 aliphatic carbocycles. The summed E-state index contributed by atoms with van der Waals surface area (Å²) >= 11 is 0. The summed E-state index contributed by atoms with van der Waals surface area (Å²) < 4.78 is 1.69. The SMILES string of the molecule is Cn1c(CC(=O)O)ccc1C(=O)CCCCc1ccccc1. The van der Waals surface area contributed by atoms with Crippen LogP contribution in [0.3, 0.4) is 0 Å². The number of unbranched alkanes of at least 4 members (excludes halogenated alkanes) is 1. The van der Waals surface area contributed by atoms with Crippen molar-refractivity contribution in [1.29, 1.82) is 0 Å². The van der Waals surface area contributed by atoms with E-state index in [0.717, 1.165) is 19.3 Å². The molecule has 0 amide bonds. The number of rotatable bonds is 8. The van der Waals surface area contributed by atoms with Crippen LogP contribution in [0.5, 0.6) is 0 Å². The van der Waals surface area contributed by atoms with Gasteiger partial charge in [-0.05, 0) is 37.0 Å². The lowest BCUT2D eigenvalue weighted by atomic mass is 10.0. The molecule has 2 aromatic rings. The predicted molar refractivity (Wildman–Crippen MR) is 85.1 cm³/mol. The number of aromatic nitrogens is 1. The number of aliphatic carboxylic acids is 1. The second-order valence-corrected chi connectivity index (χ2v) is 5.46. The second kappa shape index (κ2) is 7.59. The number of carboxylic acid groups (broad SMARTS) is 1. The van der Waals surface area contributed by atoms with Crippen molar-refractivity contribution in [2.45, 2.75) is 32.1 Å². The van der Waals surface area contributed by atoms with E-state index < -0.39 is 5.97 Å². The highest BCUT2D eigenvalue weighted by Gasteiger charge is 2.13. The van der Waals surface area contributed by atoms with E-state index in [0.29, 0.717) is 17.8 Å². The third-order valence-electron chi connectivity index (χ3n) is 3.81. The maximum absolute atomic E-state index is 12.2. The van der Waals surface area contributed by atoms with E-state index in [1.54, 1.807) is 23.7 Å². The summed E-state index contributed by atoms with van der Waals surface area (Å²) in [7, 11) is 1.75. The summed E-state index contributed by atoms with van der Waals surface area (Å²) in [6, 6.07) is 13.7. The van der Waals surface area contributed by atoms with Crippen molar-refractivity contribution >= 4 is 11.8 Å². The van der Waals surface area contributed by atoms with Gasteiger partial charge in [0.15, 0.2) is 5.78 Å². The number of hydrogen-bond donors (Lipinski definition) is 1. The van der Waals surface area contributed by atoms with E-state index in [-0.39, 0.29) is 12.2 Å². The Morgan fingerprint density at radius 2 is 1.77 bits per heavy atom. The third kappa shape index (κ3) is 4.32. The van der Waals surface area contributed by atoms with Crippen LogP contribution in [-0.4, -0.2) is 21.4 Å². The summed E-state index contributed by atoms with van der Waals surface area (Å²) in [5.74, 6) is -0.810. The number of Topliss-reactive ketones (excluding diaryl/α,β-unsaturated/α-hetero) is 1. The average Bonchev–Trinajstić information content (AvgIpc) is 2.85. The zero-order chi connectivity index (χ0) is 15.9. The first-order valence-electron chi connectivity index (χ1n) is 7.51. The Balaban J connectivity index is 1.82. The fourth-order valence-electron chi connectivity index (χ4n) is 2.55. The summed E-state index contributed by atoms with van der Waals surface area (Å²) in [5, 5.41) is 8.82. The first-order valence-corrected chi connectivity index (χ1v) is 7.51. The van der Waals surface area contributed by atoms with E-state index in [1.807, 2.05) is 18.2 Å². The van der Waals surface area contributed by atoms with Gasteiger partial charge in [-0.3, -0.25) is 9.59 Å². The van der Waals surface area contributed by atoms with Crippen LogP contribution in [0.4, 0.5) is 0 Å². The molecule has 0 aliphatic heterocycles. The summed E-state index contributed by atoms with van der Waals surface area (Å²) in [6.07, 6.45) is 3.23. The number of benzene rings is 1. The zero-order valence-corrected chi connectivity index (χ0v) is 12.8. The Kier molecular flexibility index (Phi) is 5.53. The van der Waals surface area contributed by atoms with Crippen molar-refractivity contribution in [3.8, 4) is 0 Å². The predicted octanol–water partition coefficient (Wildman–Crippen LogP) is 3.25. The number of aryl methyl sites for hydroxylation is 1. The maximum atomic E-state index is 12.2. The monoisotopic (exact) mass is 299 g/mol. The molecule has 1 heterocycles. The molecule has 1 N–H and O–H groups in total. The molecule has 0 saturated carbocycles. The van der Waals surface area contributed by atoms with Crippen LogP contribution < -0.4 is 0 Å². The minimum atomic E-state index is -0.886. The fourth-order valence-corrected chi connectivity index (χ4v) is 2.55. The highest BCUT2D eigenvalue weighted by molar-refractivity contribution is 5.94. The van der Waals surface area contributed by atoms with E-state index in [1.165, 1.54) is 5.56 Å². The van der Waals surface area contributed by atoms with E-state index in [4.69, 9.17) is 5.11 Å². The van der Waals surface area contributed by atoms with Gasteiger partial charge in [-0.15, -0.1) is 0 Å². The van der Waals surface area contributed by atoms with Crippen molar-refractivity contribution < 1.29 is 14.7 Å². The average molecular weight is 299 g/mol. The lowest BCUT2D eigenvalue weighted by molar-refractivity contribution is -0.136. The topological polar surface area (TPSA) is 59.3 Å². The lowest BCUT2D eigenvalue weighted by Gasteiger charge is -2.06. The molecular formula is C18H21NO3. The number of carbonyl (C=O) groups is 2. The van der Waals surface area contributed by atoms with Crippen molar-refractivity contribution in [3.63, 3.8) is 0 Å². The molecule has 0 radical (unpaired) electrons. The van der Waals surface area contributed by atoms with Gasteiger partial charge in [0, 0.05) is 19.2 Å². The Labute approximate surface area is 130 Å². The zero-order valence-electron chi connectivity index (χ0n) is 12.8. The van der Waals surface area contributed by atoms with Gasteiger partial charge >= 0.3 is 5.97 Å². The van der Waals surface area contributed by atoms with Crippen LogP contribution in [0.2, 0.25) is 0 Å². The molecule has 116 valence electrons. The molecule has 2 rings (SSSR count). The maximum Gasteiger partial charge on any atom is 0.309 e. The smallest absolute Gasteiger partial charge is 0.309 e. The standard InChI is InChI=1S/C18H21NO3/c1-19-15(13-18(21)22)11-12-16(19)17(20)10-6-5-9-14-7-3-2-4-8-14/h2-4,7-8,11-12H,5-6,9-10,13H2,1H3,(H,21,22). The molecule has 0 unspecified atom stereocenters. The molecule has 0 fully saturated rings. The molecule has 4 heteroatoms. The van der Waals surface area contributed by atoms with Crippen molar-refractivity contribution in [1.82, 2.24) is 4.57 Å². The summed E-state index contributed by atoms with van der Waals surface area (Å²) in [6.45, 7) is 0. The molecule has 0 aliphatic rings. The quantitative estimate of drug-likeness (QED) is 0.601. The van der Waals surface area contributed by atoms with Gasteiger partial charge in [0.25, 0.3) is 0 Å². The Morgan fingerprint density at radius 1 is 1.05 bits per heavy atom. The normalized spacial score (nSPS) is 10.6. The molecule has 1 aromatic heterocycles. The van der Waals surface area contributed by atoms with Crippen LogP contribution in [0.15, 0.2) is 42.5 Å². The second-order valence-electron chi connectivity index (χ2n) is 5.46. The van der Waals surface area contributed by atoms with Crippen LogP contribution >= 0.6 is 0 Å². The van der Waals surface area contributed by atoms with Gasteiger partial charge < -0.3 is 9.67 Å². The molecule has 4 nitrogen and oxygen atoms in total. The van der Waals surface area contributed by atoms with Crippen LogP contribution in [0, 0.1) is 0 Å². The van der Waals surface area contributed by atoms with Gasteiger partial charge in [0.05, 0.1) is 12.1 Å². The van der Waals surface area contributed by atoms with Gasteiger partial charge in [0.1, 0.15) is 0 Å². The Morgan fingerprint density at radius 3 is 2.45 bits per heavy atom. The fraction of sp³-hybridized carbons (Fsp3) is 0.333. The summed E-state index contributed by atoms with van der Waals surface area (Å²) in [5.41, 5.74) is 2.54. The van der Waals surface area contributed by atoms with Crippen LogP contribution in [-0.2, 0) is 24.7 Å². The minimum Gasteiger partial charge on any atom is -0.481 e. The third-order valence-corrected chi connectivity index (χ3v) is 3.81. The van der Waals surface area contributed by atoms with Crippen molar-refractivity contribution in [2.75, 3.05) is 0 Å². The first-order chi connectivity index (χ1) is 10.6. The molecule has 1 aromatic carbocycles. The minimum absolute atomic E-state index is 0.0578. The molecule has 0 bridgehead atoms. The number of carbonyl (C=O) groups excluding carboxylic acids is 1. The highest BCUT2D eigenvalue weighted by Crippen LogP contribution is 2.13. The van der Waals surface area contributed by atoms with Gasteiger partial charge in [0.2, 0.25) is 0 Å². The van der Waals surface area contributed by atoms with Crippen LogP contribution in [0.25, 0.3) is 0 Å². The van der Waals surface area contributed by atoms with E-state index in [9.17, 15) is 9.59 Å². The van der Waals surface area contributed by atoms with Gasteiger partial charge in [-0.25, -0.2) is 0 Å². The molecular weight excluding hydrogens is 278 g/mol. The van der Waals surface area contributed by atoms with Crippen molar-refractivity contribution in [2.24, 2.45) is 7.05 Å². The Bertz CT molecular complexity index is 644.